The van der Waals surface area contributed by atoms with Crippen molar-refractivity contribution in [3.05, 3.63) is 29.8 Å². The molecule has 1 aliphatic rings. The van der Waals surface area contributed by atoms with Gasteiger partial charge in [-0.05, 0) is 49.3 Å². The van der Waals surface area contributed by atoms with Crippen molar-refractivity contribution >= 4 is 0 Å². The zero-order valence-electron chi connectivity index (χ0n) is 19.0. The molecule has 0 aliphatic heterocycles. The number of phenolic OH excluding ortho intramolecular Hbond substituents is 1. The summed E-state index contributed by atoms with van der Waals surface area (Å²) in [6, 6.07) is 5.12. The molecule has 2 rings (SSSR count). The van der Waals surface area contributed by atoms with Crippen LogP contribution < -0.4 is 0 Å². The van der Waals surface area contributed by atoms with E-state index in [0.29, 0.717) is 6.07 Å². The molecule has 1 aliphatic carbocycles. The fourth-order valence-corrected chi connectivity index (χ4v) is 4.15. The number of alkyl halides is 17. The molecule has 0 bridgehead atoms. The Kier molecular flexibility index (Phi) is 7.90. The van der Waals surface area contributed by atoms with E-state index in [-0.39, 0.29) is 11.3 Å². The molecule has 1 fully saturated rings. The third-order valence-electron chi connectivity index (χ3n) is 6.74. The molecule has 1 saturated carbocycles. The molecule has 0 saturated heterocycles. The minimum absolute atomic E-state index is 0.240. The van der Waals surface area contributed by atoms with Crippen molar-refractivity contribution in [2.24, 2.45) is 5.41 Å². The Balaban J connectivity index is 2.54. The fourth-order valence-electron chi connectivity index (χ4n) is 4.15. The van der Waals surface area contributed by atoms with Gasteiger partial charge in [-0.25, -0.2) is 0 Å². The van der Waals surface area contributed by atoms with Gasteiger partial charge in [0.2, 0.25) is 0 Å². The van der Waals surface area contributed by atoms with Crippen molar-refractivity contribution in [3.8, 4) is 11.8 Å². The van der Waals surface area contributed by atoms with Crippen molar-refractivity contribution in [3.63, 3.8) is 0 Å². The molecule has 19 heteroatoms. The number of hydrogen-bond acceptors (Lipinski definition) is 2. The number of phenols is 1. The zero-order valence-corrected chi connectivity index (χ0v) is 19.0. The number of nitriles is 1. The standard InChI is InChI=1S/C21H14F17NO/c22-14(23,13(9-39)7-5-11(6-8-13)10-1-3-12(40)4-2-10)15(24,25)16(26,27)17(28,29)18(30,31)19(32,33)20(34,35)21(36,37)38/h1-4,11,40H,5-8H2. The molecule has 228 valence electrons. The van der Waals surface area contributed by atoms with Crippen LogP contribution in [-0.4, -0.2) is 52.7 Å². The van der Waals surface area contributed by atoms with Crippen molar-refractivity contribution in [1.29, 1.82) is 5.26 Å². The normalized spacial score (nSPS) is 22.6. The average molecular weight is 619 g/mol. The molecule has 0 atom stereocenters. The van der Waals surface area contributed by atoms with E-state index in [9.17, 15) is 79.7 Å². The maximum Gasteiger partial charge on any atom is 0.460 e. The molecule has 0 radical (unpaired) electrons. The second-order valence-corrected chi connectivity index (χ2v) is 9.08. The van der Waals surface area contributed by atoms with Crippen LogP contribution in [-0.2, 0) is 0 Å². The molecule has 0 heterocycles. The van der Waals surface area contributed by atoms with E-state index in [1.165, 1.54) is 12.1 Å². The Bertz CT molecular complexity index is 1110. The topological polar surface area (TPSA) is 44.0 Å². The first-order valence-corrected chi connectivity index (χ1v) is 10.5. The Labute approximate surface area is 212 Å². The number of nitrogens with zero attached hydrogens (tertiary/aromatic N) is 1. The van der Waals surface area contributed by atoms with Gasteiger partial charge in [0, 0.05) is 0 Å². The van der Waals surface area contributed by atoms with E-state index in [1.807, 2.05) is 0 Å². The van der Waals surface area contributed by atoms with Crippen LogP contribution in [0.1, 0.15) is 37.2 Å². The maximum absolute atomic E-state index is 14.9. The Morgan fingerprint density at radius 2 is 0.950 bits per heavy atom. The second-order valence-electron chi connectivity index (χ2n) is 9.08. The van der Waals surface area contributed by atoms with Crippen LogP contribution in [0.5, 0.6) is 5.75 Å². The number of halogens is 17. The summed E-state index contributed by atoms with van der Waals surface area (Å²) in [4.78, 5) is 0. The summed E-state index contributed by atoms with van der Waals surface area (Å²) in [7, 11) is 0. The smallest absolute Gasteiger partial charge is 0.460 e. The van der Waals surface area contributed by atoms with Gasteiger partial charge in [-0.1, -0.05) is 12.1 Å². The number of aromatic hydroxyl groups is 1. The van der Waals surface area contributed by atoms with Crippen molar-refractivity contribution in [2.75, 3.05) is 0 Å². The first-order chi connectivity index (χ1) is 17.6. The molecule has 0 spiro atoms. The van der Waals surface area contributed by atoms with Gasteiger partial charge in [0.1, 0.15) is 11.2 Å². The summed E-state index contributed by atoms with van der Waals surface area (Å²) in [6.45, 7) is 0. The third-order valence-corrected chi connectivity index (χ3v) is 6.74. The van der Waals surface area contributed by atoms with Gasteiger partial charge < -0.3 is 5.11 Å². The lowest BCUT2D eigenvalue weighted by Gasteiger charge is -2.47. The van der Waals surface area contributed by atoms with Gasteiger partial charge in [0.05, 0.1) is 6.07 Å². The first kappa shape index (κ1) is 33.5. The summed E-state index contributed by atoms with van der Waals surface area (Å²) in [6.07, 6.45) is -12.3. The molecule has 1 aromatic carbocycles. The quantitative estimate of drug-likeness (QED) is 0.297. The van der Waals surface area contributed by atoms with Gasteiger partial charge in [0.15, 0.2) is 0 Å². The predicted molar refractivity (Wildman–Crippen MR) is 98.0 cm³/mol. The van der Waals surface area contributed by atoms with E-state index in [1.54, 1.807) is 0 Å². The van der Waals surface area contributed by atoms with Gasteiger partial charge in [-0.15, -0.1) is 0 Å². The Morgan fingerprint density at radius 3 is 1.30 bits per heavy atom. The summed E-state index contributed by atoms with van der Waals surface area (Å²) in [5.74, 6) is -58.4. The fraction of sp³-hybridized carbons (Fsp3) is 0.667. The van der Waals surface area contributed by atoms with E-state index in [2.05, 4.69) is 0 Å². The molecule has 40 heavy (non-hydrogen) atoms. The van der Waals surface area contributed by atoms with Gasteiger partial charge in [0.25, 0.3) is 0 Å². The Morgan fingerprint density at radius 1 is 0.600 bits per heavy atom. The molecule has 0 unspecified atom stereocenters. The molecule has 0 amide bonds. The van der Waals surface area contributed by atoms with E-state index < -0.39 is 84.7 Å². The van der Waals surface area contributed by atoms with E-state index >= 15 is 0 Å². The van der Waals surface area contributed by atoms with Crippen molar-refractivity contribution in [2.45, 2.75) is 79.2 Å². The van der Waals surface area contributed by atoms with Crippen LogP contribution in [0.15, 0.2) is 24.3 Å². The lowest BCUT2D eigenvalue weighted by molar-refractivity contribution is -0.465. The first-order valence-electron chi connectivity index (χ1n) is 10.5. The van der Waals surface area contributed by atoms with Crippen LogP contribution >= 0.6 is 0 Å². The van der Waals surface area contributed by atoms with Gasteiger partial charge in [-0.3, -0.25) is 0 Å². The predicted octanol–water partition coefficient (Wildman–Crippen LogP) is 8.57. The van der Waals surface area contributed by atoms with Crippen LogP contribution in [0.4, 0.5) is 74.6 Å². The molecule has 1 N–H and O–H groups in total. The molecule has 1 aromatic rings. The van der Waals surface area contributed by atoms with Crippen LogP contribution in [0.3, 0.4) is 0 Å². The minimum Gasteiger partial charge on any atom is -0.508 e. The lowest BCUT2D eigenvalue weighted by atomic mass is 9.64. The number of benzene rings is 1. The van der Waals surface area contributed by atoms with E-state index in [0.717, 1.165) is 12.1 Å². The molecular weight excluding hydrogens is 605 g/mol. The summed E-state index contributed by atoms with van der Waals surface area (Å²) in [5, 5.41) is 18.4. The number of hydrogen-bond donors (Lipinski definition) is 1. The molecule has 0 aromatic heterocycles. The molecular formula is C21H14F17NO. The summed E-state index contributed by atoms with van der Waals surface area (Å²) < 4.78 is 231. The lowest BCUT2D eigenvalue weighted by Crippen LogP contribution is -2.75. The van der Waals surface area contributed by atoms with Gasteiger partial charge >= 0.3 is 47.6 Å². The van der Waals surface area contributed by atoms with Gasteiger partial charge in [-0.2, -0.15) is 79.9 Å². The zero-order chi connectivity index (χ0) is 31.6. The van der Waals surface area contributed by atoms with Crippen LogP contribution in [0, 0.1) is 16.7 Å². The highest BCUT2D eigenvalue weighted by molar-refractivity contribution is 5.30. The highest BCUT2D eigenvalue weighted by Gasteiger charge is 2.96. The monoisotopic (exact) mass is 619 g/mol. The summed E-state index contributed by atoms with van der Waals surface area (Å²) >= 11 is 0. The highest BCUT2D eigenvalue weighted by Crippen LogP contribution is 2.67. The van der Waals surface area contributed by atoms with E-state index in [4.69, 9.17) is 5.26 Å². The largest absolute Gasteiger partial charge is 0.508 e. The molecule has 2 nitrogen and oxygen atoms in total. The highest BCUT2D eigenvalue weighted by atomic mass is 19.4. The Hall–Kier alpha value is -2.68. The van der Waals surface area contributed by atoms with Crippen LogP contribution in [0.25, 0.3) is 0 Å². The summed E-state index contributed by atoms with van der Waals surface area (Å²) in [5.41, 5.74) is -3.80. The third kappa shape index (κ3) is 4.30. The minimum atomic E-state index is -8.71. The second kappa shape index (κ2) is 9.43. The van der Waals surface area contributed by atoms with Crippen LogP contribution in [0.2, 0.25) is 0 Å². The SMILES string of the molecule is N#CC1(C(F)(F)C(F)(F)C(F)(F)C(F)(F)C(F)(F)C(F)(F)C(F)(F)C(F)(F)F)CCC(c2ccc(O)cc2)CC1. The number of rotatable bonds is 8. The van der Waals surface area contributed by atoms with Crippen molar-refractivity contribution < 1.29 is 79.7 Å². The maximum atomic E-state index is 14.9. The van der Waals surface area contributed by atoms with Crippen molar-refractivity contribution in [1.82, 2.24) is 0 Å². The average Bonchev–Trinajstić information content (AvgIpc) is 2.83.